The maximum atomic E-state index is 12.2. The lowest BCUT2D eigenvalue weighted by Crippen LogP contribution is -2.44. The molecule has 0 aromatic heterocycles. The molecule has 2 fully saturated rings. The SMILES string of the molecule is Cc1cc(OC2CCN(C(=O)OC(C)(C)C)CC2)ccc1C1CCC(=O)NC1=O. The van der Waals surface area contributed by atoms with Gasteiger partial charge in [-0.3, -0.25) is 14.9 Å². The van der Waals surface area contributed by atoms with Crippen LogP contribution in [0.1, 0.15) is 63.5 Å². The number of nitrogens with zero attached hydrogens (tertiary/aromatic N) is 1. The van der Waals surface area contributed by atoms with Gasteiger partial charge in [-0.05, 0) is 57.4 Å². The number of carbonyl (C=O) groups is 3. The van der Waals surface area contributed by atoms with Gasteiger partial charge < -0.3 is 14.4 Å². The summed E-state index contributed by atoms with van der Waals surface area (Å²) in [4.78, 5) is 37.4. The minimum atomic E-state index is -0.494. The Morgan fingerprint density at radius 3 is 2.41 bits per heavy atom. The van der Waals surface area contributed by atoms with Gasteiger partial charge in [0.1, 0.15) is 17.5 Å². The van der Waals surface area contributed by atoms with Crippen LogP contribution >= 0.6 is 0 Å². The highest BCUT2D eigenvalue weighted by Gasteiger charge is 2.30. The van der Waals surface area contributed by atoms with Crippen molar-refractivity contribution in [2.75, 3.05) is 13.1 Å². The number of hydrogen-bond acceptors (Lipinski definition) is 5. The Bertz CT molecular complexity index is 791. The van der Waals surface area contributed by atoms with Crippen molar-refractivity contribution >= 4 is 17.9 Å². The Balaban J connectivity index is 1.55. The molecule has 1 unspecified atom stereocenters. The quantitative estimate of drug-likeness (QED) is 0.784. The first-order valence-electron chi connectivity index (χ1n) is 10.2. The van der Waals surface area contributed by atoms with Crippen molar-refractivity contribution in [3.63, 3.8) is 0 Å². The van der Waals surface area contributed by atoms with Gasteiger partial charge in [0.25, 0.3) is 0 Å². The smallest absolute Gasteiger partial charge is 0.410 e. The van der Waals surface area contributed by atoms with E-state index in [0.29, 0.717) is 25.9 Å². The van der Waals surface area contributed by atoms with Crippen LogP contribution in [0, 0.1) is 6.92 Å². The molecule has 2 saturated heterocycles. The Morgan fingerprint density at radius 1 is 1.14 bits per heavy atom. The molecule has 1 atom stereocenters. The van der Waals surface area contributed by atoms with Crippen LogP contribution in [0.5, 0.6) is 5.75 Å². The maximum Gasteiger partial charge on any atom is 0.410 e. The molecule has 0 aliphatic carbocycles. The first-order chi connectivity index (χ1) is 13.6. The summed E-state index contributed by atoms with van der Waals surface area (Å²) in [5.74, 6) is 0.0298. The number of imide groups is 1. The van der Waals surface area contributed by atoms with Crippen molar-refractivity contribution in [2.24, 2.45) is 0 Å². The highest BCUT2D eigenvalue weighted by Crippen LogP contribution is 2.30. The average Bonchev–Trinajstić information content (AvgIpc) is 2.62. The lowest BCUT2D eigenvalue weighted by molar-refractivity contribution is -0.134. The number of likely N-dealkylation sites (tertiary alicyclic amines) is 1. The molecule has 7 heteroatoms. The maximum absolute atomic E-state index is 12.2. The first-order valence-corrected chi connectivity index (χ1v) is 10.2. The zero-order valence-corrected chi connectivity index (χ0v) is 17.6. The third-order valence-corrected chi connectivity index (χ3v) is 5.25. The first kappa shape index (κ1) is 21.1. The zero-order chi connectivity index (χ0) is 21.2. The van der Waals surface area contributed by atoms with Gasteiger partial charge >= 0.3 is 6.09 Å². The average molecular weight is 402 g/mol. The molecule has 1 aromatic carbocycles. The summed E-state index contributed by atoms with van der Waals surface area (Å²) in [6.07, 6.45) is 2.15. The zero-order valence-electron chi connectivity index (χ0n) is 17.6. The highest BCUT2D eigenvalue weighted by molar-refractivity contribution is 6.01. The molecule has 0 saturated carbocycles. The van der Waals surface area contributed by atoms with Crippen molar-refractivity contribution in [1.29, 1.82) is 0 Å². The predicted octanol–water partition coefficient (Wildman–Crippen LogP) is 3.29. The number of rotatable bonds is 3. The number of nitrogens with one attached hydrogen (secondary N) is 1. The van der Waals surface area contributed by atoms with Crippen LogP contribution < -0.4 is 10.1 Å². The molecule has 1 N–H and O–H groups in total. The van der Waals surface area contributed by atoms with E-state index in [4.69, 9.17) is 9.47 Å². The monoisotopic (exact) mass is 402 g/mol. The molecule has 29 heavy (non-hydrogen) atoms. The molecule has 7 nitrogen and oxygen atoms in total. The van der Waals surface area contributed by atoms with Gasteiger partial charge in [-0.15, -0.1) is 0 Å². The number of piperidine rings is 2. The summed E-state index contributed by atoms with van der Waals surface area (Å²) >= 11 is 0. The second-order valence-electron chi connectivity index (χ2n) is 8.81. The van der Waals surface area contributed by atoms with E-state index in [-0.39, 0.29) is 29.9 Å². The predicted molar refractivity (Wildman–Crippen MR) is 108 cm³/mol. The fourth-order valence-corrected chi connectivity index (χ4v) is 3.78. The van der Waals surface area contributed by atoms with E-state index < -0.39 is 5.60 Å². The summed E-state index contributed by atoms with van der Waals surface area (Å²) in [5, 5.41) is 2.41. The summed E-state index contributed by atoms with van der Waals surface area (Å²) < 4.78 is 11.5. The van der Waals surface area contributed by atoms with E-state index in [2.05, 4.69) is 5.32 Å². The van der Waals surface area contributed by atoms with Crippen LogP contribution in [0.2, 0.25) is 0 Å². The Hall–Kier alpha value is -2.57. The Kier molecular flexibility index (Phi) is 6.15. The molecule has 1 aromatic rings. The number of hydrogen-bond donors (Lipinski definition) is 1. The van der Waals surface area contributed by atoms with Crippen molar-refractivity contribution < 1.29 is 23.9 Å². The molecule has 158 valence electrons. The van der Waals surface area contributed by atoms with Crippen LogP contribution in [-0.2, 0) is 14.3 Å². The number of benzene rings is 1. The second kappa shape index (κ2) is 8.43. The number of amides is 3. The van der Waals surface area contributed by atoms with E-state index in [1.54, 1.807) is 4.90 Å². The second-order valence-corrected chi connectivity index (χ2v) is 8.81. The Labute approximate surface area is 171 Å². The summed E-state index contributed by atoms with van der Waals surface area (Å²) in [5.41, 5.74) is 1.41. The van der Waals surface area contributed by atoms with E-state index in [1.165, 1.54) is 0 Å². The van der Waals surface area contributed by atoms with Gasteiger partial charge in [0.2, 0.25) is 11.8 Å². The van der Waals surface area contributed by atoms with Crippen LogP contribution in [0.4, 0.5) is 4.79 Å². The standard InChI is InChI=1S/C22H30N2O5/c1-14-13-16(5-6-17(14)18-7-8-19(25)23-20(18)26)28-15-9-11-24(12-10-15)21(27)29-22(2,3)4/h5-6,13,15,18H,7-12H2,1-4H3,(H,23,25,26). The van der Waals surface area contributed by atoms with Gasteiger partial charge in [-0.1, -0.05) is 6.07 Å². The lowest BCUT2D eigenvalue weighted by atomic mass is 9.88. The van der Waals surface area contributed by atoms with Crippen molar-refractivity contribution in [3.05, 3.63) is 29.3 Å². The molecular weight excluding hydrogens is 372 g/mol. The van der Waals surface area contributed by atoms with Crippen LogP contribution in [0.3, 0.4) is 0 Å². The van der Waals surface area contributed by atoms with E-state index >= 15 is 0 Å². The molecule has 2 aliphatic rings. The van der Waals surface area contributed by atoms with Crippen molar-refractivity contribution in [1.82, 2.24) is 10.2 Å². The van der Waals surface area contributed by atoms with Crippen molar-refractivity contribution in [3.8, 4) is 5.75 Å². The number of aryl methyl sites for hydroxylation is 1. The van der Waals surface area contributed by atoms with Gasteiger partial charge in [0.05, 0.1) is 5.92 Å². The molecule has 3 amide bonds. The molecule has 0 spiro atoms. The highest BCUT2D eigenvalue weighted by atomic mass is 16.6. The fourth-order valence-electron chi connectivity index (χ4n) is 3.78. The van der Waals surface area contributed by atoms with E-state index in [9.17, 15) is 14.4 Å². The lowest BCUT2D eigenvalue weighted by Gasteiger charge is -2.33. The third-order valence-electron chi connectivity index (χ3n) is 5.25. The van der Waals surface area contributed by atoms with Gasteiger partial charge in [0, 0.05) is 32.4 Å². The molecule has 0 radical (unpaired) electrons. The van der Waals surface area contributed by atoms with Gasteiger partial charge in [0.15, 0.2) is 0 Å². The van der Waals surface area contributed by atoms with E-state index in [0.717, 1.165) is 29.7 Å². The fraction of sp³-hybridized carbons (Fsp3) is 0.591. The minimum absolute atomic E-state index is 0.0366. The molecular formula is C22H30N2O5. The minimum Gasteiger partial charge on any atom is -0.490 e. The van der Waals surface area contributed by atoms with Crippen molar-refractivity contribution in [2.45, 2.75) is 71.0 Å². The van der Waals surface area contributed by atoms with Gasteiger partial charge in [-0.25, -0.2) is 4.79 Å². The van der Waals surface area contributed by atoms with Crippen LogP contribution in [-0.4, -0.2) is 47.6 Å². The van der Waals surface area contributed by atoms with E-state index in [1.807, 2.05) is 45.9 Å². The number of ether oxygens (including phenoxy) is 2. The number of carbonyl (C=O) groups excluding carboxylic acids is 3. The van der Waals surface area contributed by atoms with Crippen LogP contribution in [0.15, 0.2) is 18.2 Å². The normalized spacial score (nSPS) is 21.0. The summed E-state index contributed by atoms with van der Waals surface area (Å²) in [6, 6.07) is 5.74. The molecule has 3 rings (SSSR count). The van der Waals surface area contributed by atoms with Crippen LogP contribution in [0.25, 0.3) is 0 Å². The summed E-state index contributed by atoms with van der Waals surface area (Å²) in [7, 11) is 0. The largest absolute Gasteiger partial charge is 0.490 e. The molecule has 2 heterocycles. The molecule has 0 bridgehead atoms. The van der Waals surface area contributed by atoms with Gasteiger partial charge in [-0.2, -0.15) is 0 Å². The summed E-state index contributed by atoms with van der Waals surface area (Å²) in [6.45, 7) is 8.75. The third kappa shape index (κ3) is 5.49. The topological polar surface area (TPSA) is 84.9 Å². The molecule has 2 aliphatic heterocycles. The Morgan fingerprint density at radius 2 is 1.83 bits per heavy atom.